The van der Waals surface area contributed by atoms with Gasteiger partial charge in [0.15, 0.2) is 15.0 Å². The molecule has 0 radical (unpaired) electrons. The summed E-state index contributed by atoms with van der Waals surface area (Å²) in [5.74, 6) is 0.0868. The van der Waals surface area contributed by atoms with Crippen LogP contribution in [0.4, 0.5) is 11.4 Å². The van der Waals surface area contributed by atoms with Gasteiger partial charge in [0, 0.05) is 16.6 Å². The van der Waals surface area contributed by atoms with Crippen LogP contribution < -0.4 is 10.2 Å². The third-order valence-corrected chi connectivity index (χ3v) is 9.18. The van der Waals surface area contributed by atoms with Crippen molar-refractivity contribution in [3.8, 4) is 0 Å². The van der Waals surface area contributed by atoms with Gasteiger partial charge in [-0.25, -0.2) is 8.42 Å². The number of aliphatic imine (C=N–C) groups is 1. The van der Waals surface area contributed by atoms with Gasteiger partial charge in [-0.05, 0) is 74.2 Å². The van der Waals surface area contributed by atoms with Gasteiger partial charge in [0.05, 0.1) is 17.5 Å². The van der Waals surface area contributed by atoms with Gasteiger partial charge >= 0.3 is 0 Å². The van der Waals surface area contributed by atoms with Crippen molar-refractivity contribution in [2.24, 2.45) is 4.99 Å². The van der Waals surface area contributed by atoms with Crippen LogP contribution in [0.3, 0.4) is 0 Å². The van der Waals surface area contributed by atoms with E-state index in [1.54, 1.807) is 0 Å². The van der Waals surface area contributed by atoms with E-state index in [1.807, 2.05) is 69.0 Å². The first-order valence-corrected chi connectivity index (χ1v) is 13.0. The molecule has 2 aromatic carbocycles. The van der Waals surface area contributed by atoms with Crippen LogP contribution in [0.15, 0.2) is 41.4 Å². The number of aryl methyl sites for hydroxylation is 4. The molecule has 31 heavy (non-hydrogen) atoms. The predicted octanol–water partition coefficient (Wildman–Crippen LogP) is 3.63. The molecule has 1 amide bonds. The summed E-state index contributed by atoms with van der Waals surface area (Å²) in [6.45, 7) is 8.25. The summed E-state index contributed by atoms with van der Waals surface area (Å²) < 4.78 is 23.9. The molecule has 4 rings (SSSR count). The van der Waals surface area contributed by atoms with Crippen LogP contribution in [-0.4, -0.2) is 48.8 Å². The van der Waals surface area contributed by atoms with E-state index >= 15 is 0 Å². The number of rotatable bonds is 4. The van der Waals surface area contributed by atoms with E-state index in [2.05, 4.69) is 5.32 Å². The van der Waals surface area contributed by atoms with Crippen molar-refractivity contribution in [3.63, 3.8) is 0 Å². The second-order valence-electron chi connectivity index (χ2n) is 8.41. The number of carbonyl (C=O) groups is 1. The fraction of sp³-hybridized carbons (Fsp3) is 0.391. The molecule has 2 unspecified atom stereocenters. The van der Waals surface area contributed by atoms with E-state index in [-0.39, 0.29) is 35.2 Å². The molecule has 1 N–H and O–H groups in total. The molecule has 2 aliphatic heterocycles. The quantitative estimate of drug-likeness (QED) is 0.758. The summed E-state index contributed by atoms with van der Waals surface area (Å²) in [4.78, 5) is 19.5. The lowest BCUT2D eigenvalue weighted by Crippen LogP contribution is -2.36. The number of amidine groups is 1. The monoisotopic (exact) mass is 457 g/mol. The zero-order valence-corrected chi connectivity index (χ0v) is 19.8. The van der Waals surface area contributed by atoms with E-state index in [4.69, 9.17) is 4.99 Å². The number of thioether (sulfide) groups is 1. The first kappa shape index (κ1) is 21.9. The van der Waals surface area contributed by atoms with Crippen LogP contribution in [-0.2, 0) is 14.6 Å². The van der Waals surface area contributed by atoms with Crippen LogP contribution >= 0.6 is 11.8 Å². The first-order chi connectivity index (χ1) is 14.6. The normalized spacial score (nSPS) is 21.5. The molecular weight excluding hydrogens is 430 g/mol. The standard InChI is InChI=1S/C23H27N3O3S2/c1-14-5-7-18(9-16(14)3)24-22(27)11-26(19-8-6-15(2)17(4)10-19)23-25-20-12-31(28,29)13-21(20)30-23/h5-10,20-21H,11-13H2,1-4H3,(H,24,27). The average Bonchev–Trinajstić information content (AvgIpc) is 3.18. The smallest absolute Gasteiger partial charge is 0.244 e. The Morgan fingerprint density at radius 2 is 1.71 bits per heavy atom. The van der Waals surface area contributed by atoms with E-state index in [0.29, 0.717) is 5.17 Å². The number of sulfone groups is 1. The van der Waals surface area contributed by atoms with Gasteiger partial charge in [0.2, 0.25) is 5.91 Å². The Morgan fingerprint density at radius 3 is 2.35 bits per heavy atom. The van der Waals surface area contributed by atoms with E-state index < -0.39 is 9.84 Å². The molecule has 2 atom stereocenters. The number of amides is 1. The summed E-state index contributed by atoms with van der Waals surface area (Å²) in [7, 11) is -3.03. The number of nitrogens with one attached hydrogen (secondary N) is 1. The Balaban J connectivity index is 1.59. The molecule has 0 bridgehead atoms. The summed E-state index contributed by atoms with van der Waals surface area (Å²) in [5.41, 5.74) is 6.24. The largest absolute Gasteiger partial charge is 0.325 e. The molecule has 2 aliphatic rings. The SMILES string of the molecule is Cc1ccc(NC(=O)CN(C2=NC3CS(=O)(=O)CC3S2)c2ccc(C)c(C)c2)cc1C. The lowest BCUT2D eigenvalue weighted by Gasteiger charge is -2.25. The molecule has 0 aromatic heterocycles. The van der Waals surface area contributed by atoms with Crippen LogP contribution in [0.25, 0.3) is 0 Å². The highest BCUT2D eigenvalue weighted by Gasteiger charge is 2.44. The van der Waals surface area contributed by atoms with Gasteiger partial charge in [-0.3, -0.25) is 9.79 Å². The van der Waals surface area contributed by atoms with Gasteiger partial charge in [-0.1, -0.05) is 23.9 Å². The third-order valence-electron chi connectivity index (χ3n) is 5.93. The lowest BCUT2D eigenvalue weighted by molar-refractivity contribution is -0.114. The van der Waals surface area contributed by atoms with Crippen LogP contribution in [0, 0.1) is 27.7 Å². The molecule has 6 nitrogen and oxygen atoms in total. The lowest BCUT2D eigenvalue weighted by atomic mass is 10.1. The van der Waals surface area contributed by atoms with Crippen molar-refractivity contribution >= 4 is 44.0 Å². The fourth-order valence-electron chi connectivity index (χ4n) is 3.80. The zero-order chi connectivity index (χ0) is 22.3. The highest BCUT2D eigenvalue weighted by atomic mass is 32.2. The maximum absolute atomic E-state index is 12.9. The summed E-state index contributed by atoms with van der Waals surface area (Å²) in [6, 6.07) is 11.7. The van der Waals surface area contributed by atoms with Crippen molar-refractivity contribution in [2.45, 2.75) is 39.0 Å². The Bertz CT molecular complexity index is 1170. The van der Waals surface area contributed by atoms with Gasteiger partial charge in [0.25, 0.3) is 0 Å². The summed E-state index contributed by atoms with van der Waals surface area (Å²) in [5, 5.41) is 3.62. The Morgan fingerprint density at radius 1 is 1.03 bits per heavy atom. The minimum absolute atomic E-state index is 0.0724. The molecule has 0 spiro atoms. The Kier molecular flexibility index (Phi) is 5.87. The van der Waals surface area contributed by atoms with Crippen molar-refractivity contribution < 1.29 is 13.2 Å². The number of benzene rings is 2. The number of carbonyl (C=O) groups excluding carboxylic acids is 1. The maximum atomic E-state index is 12.9. The van der Waals surface area contributed by atoms with Crippen molar-refractivity contribution in [3.05, 3.63) is 58.7 Å². The Hall–Kier alpha value is -2.32. The minimum Gasteiger partial charge on any atom is -0.325 e. The predicted molar refractivity (Wildman–Crippen MR) is 129 cm³/mol. The summed E-state index contributed by atoms with van der Waals surface area (Å²) in [6.07, 6.45) is 0. The number of fused-ring (bicyclic) bond motifs is 1. The minimum atomic E-state index is -3.03. The van der Waals surface area contributed by atoms with Crippen molar-refractivity contribution in [1.29, 1.82) is 0 Å². The molecule has 8 heteroatoms. The fourth-order valence-corrected chi connectivity index (χ4v) is 7.58. The zero-order valence-electron chi connectivity index (χ0n) is 18.2. The van der Waals surface area contributed by atoms with Crippen LogP contribution in [0.2, 0.25) is 0 Å². The molecular formula is C23H27N3O3S2. The van der Waals surface area contributed by atoms with Crippen molar-refractivity contribution in [1.82, 2.24) is 0 Å². The molecule has 2 heterocycles. The topological polar surface area (TPSA) is 78.8 Å². The average molecular weight is 458 g/mol. The molecule has 1 saturated heterocycles. The Labute approximate surface area is 188 Å². The molecule has 164 valence electrons. The highest BCUT2D eigenvalue weighted by molar-refractivity contribution is 8.15. The van der Waals surface area contributed by atoms with E-state index in [9.17, 15) is 13.2 Å². The number of hydrogen-bond acceptors (Lipinski definition) is 6. The van der Waals surface area contributed by atoms with E-state index in [0.717, 1.165) is 22.5 Å². The van der Waals surface area contributed by atoms with Crippen molar-refractivity contribution in [2.75, 3.05) is 28.3 Å². The van der Waals surface area contributed by atoms with Crippen LogP contribution in [0.1, 0.15) is 22.3 Å². The number of hydrogen-bond donors (Lipinski definition) is 1. The second kappa shape index (κ2) is 8.31. The molecule has 0 saturated carbocycles. The van der Waals surface area contributed by atoms with Crippen LogP contribution in [0.5, 0.6) is 0 Å². The van der Waals surface area contributed by atoms with Gasteiger partial charge in [-0.2, -0.15) is 0 Å². The van der Waals surface area contributed by atoms with E-state index in [1.165, 1.54) is 22.9 Å². The highest BCUT2D eigenvalue weighted by Crippen LogP contribution is 2.37. The van der Waals surface area contributed by atoms with Gasteiger partial charge in [-0.15, -0.1) is 0 Å². The molecule has 2 aromatic rings. The number of nitrogens with zero attached hydrogens (tertiary/aromatic N) is 2. The van der Waals surface area contributed by atoms with Gasteiger partial charge < -0.3 is 10.2 Å². The third kappa shape index (κ3) is 4.80. The second-order valence-corrected chi connectivity index (χ2v) is 11.8. The number of anilines is 2. The van der Waals surface area contributed by atoms with Gasteiger partial charge in [0.1, 0.15) is 6.54 Å². The maximum Gasteiger partial charge on any atom is 0.244 e. The molecule has 1 fully saturated rings. The first-order valence-electron chi connectivity index (χ1n) is 10.3. The summed E-state index contributed by atoms with van der Waals surface area (Å²) >= 11 is 1.47. The molecule has 0 aliphatic carbocycles.